The van der Waals surface area contributed by atoms with E-state index in [0.717, 1.165) is 12.8 Å². The average Bonchev–Trinajstić information content (AvgIpc) is 3.08. The maximum absolute atomic E-state index is 12.4. The zero-order chi connectivity index (χ0) is 24.3. The van der Waals surface area contributed by atoms with Gasteiger partial charge in [-0.2, -0.15) is 0 Å². The Balaban J connectivity index is 1.20. The van der Waals surface area contributed by atoms with Gasteiger partial charge in [-0.05, 0) is 61.3 Å². The Morgan fingerprint density at radius 1 is 1.00 bits per heavy atom. The van der Waals surface area contributed by atoms with Crippen LogP contribution in [0, 0.1) is 5.92 Å². The highest BCUT2D eigenvalue weighted by molar-refractivity contribution is 5.79. The van der Waals surface area contributed by atoms with Gasteiger partial charge in [-0.3, -0.25) is 9.59 Å². The number of alkyl carbamates (subject to hydrolysis) is 1. The molecule has 2 amide bonds. The van der Waals surface area contributed by atoms with Gasteiger partial charge in [0.2, 0.25) is 5.91 Å². The molecule has 0 radical (unpaired) electrons. The molecule has 0 saturated heterocycles. The van der Waals surface area contributed by atoms with Crippen LogP contribution >= 0.6 is 0 Å². The summed E-state index contributed by atoms with van der Waals surface area (Å²) < 4.78 is 5.60. The lowest BCUT2D eigenvalue weighted by Gasteiger charge is -2.36. The molecule has 3 N–H and O–H groups in total. The highest BCUT2D eigenvalue weighted by atomic mass is 16.5. The number of ether oxygens (including phenoxy) is 1. The van der Waals surface area contributed by atoms with Gasteiger partial charge in [-0.1, -0.05) is 48.5 Å². The molecule has 2 aliphatic rings. The number of hydrogen-bond donors (Lipinski definition) is 3. The van der Waals surface area contributed by atoms with Gasteiger partial charge in [0.05, 0.1) is 0 Å². The largest absolute Gasteiger partial charge is 0.481 e. The van der Waals surface area contributed by atoms with Crippen molar-refractivity contribution >= 4 is 18.0 Å². The van der Waals surface area contributed by atoms with Crippen LogP contribution in [0.25, 0.3) is 11.1 Å². The molecule has 0 atom stereocenters. The molecule has 0 heterocycles. The van der Waals surface area contributed by atoms with Crippen molar-refractivity contribution in [2.45, 2.75) is 63.5 Å². The molecule has 7 nitrogen and oxygen atoms in total. The fourth-order valence-electron chi connectivity index (χ4n) is 5.00. The minimum Gasteiger partial charge on any atom is -0.481 e. The van der Waals surface area contributed by atoms with Crippen molar-refractivity contribution in [2.24, 2.45) is 5.92 Å². The van der Waals surface area contributed by atoms with E-state index in [4.69, 9.17) is 9.84 Å². The number of aliphatic carboxylic acids is 1. The molecule has 0 aromatic heterocycles. The van der Waals surface area contributed by atoms with Crippen molar-refractivity contribution in [3.63, 3.8) is 0 Å². The first kappa shape index (κ1) is 23.8. The number of benzene rings is 2. The second-order valence-corrected chi connectivity index (χ2v) is 10.0. The molecule has 0 spiro atoms. The SMILES string of the molecule is CC(C)(CCC(=O)O)NC(=O)CC1CC(NC(=O)OCC2c3ccccc3-c3ccccc32)C1. The van der Waals surface area contributed by atoms with E-state index >= 15 is 0 Å². The Hall–Kier alpha value is -3.35. The Labute approximate surface area is 199 Å². The predicted octanol–water partition coefficient (Wildman–Crippen LogP) is 4.45. The van der Waals surface area contributed by atoms with Gasteiger partial charge in [-0.15, -0.1) is 0 Å². The first-order valence-electron chi connectivity index (χ1n) is 11.9. The smallest absolute Gasteiger partial charge is 0.407 e. The van der Waals surface area contributed by atoms with E-state index in [-0.39, 0.29) is 36.8 Å². The second-order valence-electron chi connectivity index (χ2n) is 10.0. The summed E-state index contributed by atoms with van der Waals surface area (Å²) in [7, 11) is 0. The van der Waals surface area contributed by atoms with Crippen molar-refractivity contribution in [3.8, 4) is 11.1 Å². The van der Waals surface area contributed by atoms with Gasteiger partial charge < -0.3 is 20.5 Å². The van der Waals surface area contributed by atoms with Gasteiger partial charge in [0.25, 0.3) is 0 Å². The van der Waals surface area contributed by atoms with E-state index in [9.17, 15) is 14.4 Å². The molecule has 2 aromatic carbocycles. The quantitative estimate of drug-likeness (QED) is 0.508. The monoisotopic (exact) mass is 464 g/mol. The molecule has 4 rings (SSSR count). The third kappa shape index (κ3) is 5.58. The van der Waals surface area contributed by atoms with Gasteiger partial charge in [-0.25, -0.2) is 4.79 Å². The lowest BCUT2D eigenvalue weighted by molar-refractivity contribution is -0.138. The molecule has 7 heteroatoms. The van der Waals surface area contributed by atoms with Crippen molar-refractivity contribution in [1.29, 1.82) is 0 Å². The maximum Gasteiger partial charge on any atom is 0.407 e. The Morgan fingerprint density at radius 3 is 2.18 bits per heavy atom. The number of carbonyl (C=O) groups is 3. The molecule has 0 aliphatic heterocycles. The van der Waals surface area contributed by atoms with Gasteiger partial charge >= 0.3 is 12.1 Å². The summed E-state index contributed by atoms with van der Waals surface area (Å²) in [6.45, 7) is 3.94. The van der Waals surface area contributed by atoms with Crippen LogP contribution in [-0.2, 0) is 14.3 Å². The van der Waals surface area contributed by atoms with E-state index in [2.05, 4.69) is 34.9 Å². The molecular weight excluding hydrogens is 432 g/mol. The number of fused-ring (bicyclic) bond motifs is 3. The van der Waals surface area contributed by atoms with Gasteiger partial charge in [0.15, 0.2) is 0 Å². The summed E-state index contributed by atoms with van der Waals surface area (Å²) in [6, 6.07) is 16.5. The zero-order valence-corrected chi connectivity index (χ0v) is 19.7. The van der Waals surface area contributed by atoms with Crippen molar-refractivity contribution in [3.05, 3.63) is 59.7 Å². The van der Waals surface area contributed by atoms with Crippen LogP contribution in [0.5, 0.6) is 0 Å². The first-order chi connectivity index (χ1) is 16.2. The first-order valence-corrected chi connectivity index (χ1v) is 11.9. The molecule has 0 bridgehead atoms. The molecule has 34 heavy (non-hydrogen) atoms. The second kappa shape index (κ2) is 9.87. The van der Waals surface area contributed by atoms with E-state index in [0.29, 0.717) is 12.8 Å². The number of hydrogen-bond acceptors (Lipinski definition) is 4. The third-order valence-corrected chi connectivity index (χ3v) is 6.82. The number of amides is 2. The normalized spacial score (nSPS) is 18.9. The molecule has 1 fully saturated rings. The summed E-state index contributed by atoms with van der Waals surface area (Å²) >= 11 is 0. The molecule has 0 unspecified atom stereocenters. The Kier molecular flexibility index (Phi) is 6.91. The minimum absolute atomic E-state index is 0.00784. The van der Waals surface area contributed by atoms with Gasteiger partial charge in [0.1, 0.15) is 6.61 Å². The molecule has 2 aromatic rings. The van der Waals surface area contributed by atoms with Crippen LogP contribution in [0.2, 0.25) is 0 Å². The van der Waals surface area contributed by atoms with Crippen LogP contribution in [0.3, 0.4) is 0 Å². The minimum atomic E-state index is -0.872. The molecule has 180 valence electrons. The summed E-state index contributed by atoms with van der Waals surface area (Å²) in [5.41, 5.74) is 4.18. The zero-order valence-electron chi connectivity index (χ0n) is 19.7. The van der Waals surface area contributed by atoms with Crippen LogP contribution in [0.1, 0.15) is 63.0 Å². The summed E-state index contributed by atoms with van der Waals surface area (Å²) in [5, 5.41) is 14.7. The van der Waals surface area contributed by atoms with Crippen LogP contribution in [-0.4, -0.2) is 41.3 Å². The van der Waals surface area contributed by atoms with Crippen molar-refractivity contribution in [1.82, 2.24) is 10.6 Å². The van der Waals surface area contributed by atoms with E-state index in [1.807, 2.05) is 38.1 Å². The number of carboxylic acids is 1. The third-order valence-electron chi connectivity index (χ3n) is 6.82. The number of carboxylic acid groups (broad SMARTS) is 1. The molecule has 2 aliphatic carbocycles. The van der Waals surface area contributed by atoms with E-state index in [1.165, 1.54) is 22.3 Å². The lowest BCUT2D eigenvalue weighted by Crippen LogP contribution is -2.48. The summed E-state index contributed by atoms with van der Waals surface area (Å²) in [4.78, 5) is 35.5. The van der Waals surface area contributed by atoms with Gasteiger partial charge in [0, 0.05) is 30.3 Å². The topological polar surface area (TPSA) is 105 Å². The van der Waals surface area contributed by atoms with Crippen LogP contribution < -0.4 is 10.6 Å². The van der Waals surface area contributed by atoms with E-state index in [1.54, 1.807) is 0 Å². The van der Waals surface area contributed by atoms with Crippen molar-refractivity contribution in [2.75, 3.05) is 6.61 Å². The standard InChI is InChI=1S/C27H32N2O5/c1-27(2,12-11-25(31)32)29-24(30)15-17-13-18(14-17)28-26(33)34-16-23-21-9-5-3-7-19(21)20-8-4-6-10-22(20)23/h3-10,17-18,23H,11-16H2,1-2H3,(H,28,33)(H,29,30)(H,31,32). The highest BCUT2D eigenvalue weighted by Gasteiger charge is 2.34. The number of rotatable bonds is 9. The number of nitrogens with one attached hydrogen (secondary N) is 2. The predicted molar refractivity (Wildman–Crippen MR) is 128 cm³/mol. The fourth-order valence-corrected chi connectivity index (χ4v) is 5.00. The lowest BCUT2D eigenvalue weighted by atomic mass is 9.78. The average molecular weight is 465 g/mol. The highest BCUT2D eigenvalue weighted by Crippen LogP contribution is 2.44. The van der Waals surface area contributed by atoms with Crippen molar-refractivity contribution < 1.29 is 24.2 Å². The molecular formula is C27H32N2O5. The Bertz CT molecular complexity index is 1030. The fraction of sp³-hybridized carbons (Fsp3) is 0.444. The van der Waals surface area contributed by atoms with E-state index < -0.39 is 17.6 Å². The number of carbonyl (C=O) groups excluding carboxylic acids is 2. The maximum atomic E-state index is 12.4. The van der Waals surface area contributed by atoms with Crippen LogP contribution in [0.4, 0.5) is 4.79 Å². The summed E-state index contributed by atoms with van der Waals surface area (Å²) in [6.07, 6.45) is 1.80. The van der Waals surface area contributed by atoms with Crippen LogP contribution in [0.15, 0.2) is 48.5 Å². The molecule has 1 saturated carbocycles. The Morgan fingerprint density at radius 2 is 1.59 bits per heavy atom. The summed E-state index contributed by atoms with van der Waals surface area (Å²) in [5.74, 6) is -0.724.